The first-order valence-electron chi connectivity index (χ1n) is 6.86. The Kier molecular flexibility index (Phi) is 5.78. The van der Waals surface area contributed by atoms with Crippen molar-refractivity contribution >= 4 is 17.4 Å². The maximum Gasteiger partial charge on any atom is 0.387 e. The molecule has 0 saturated carbocycles. The maximum absolute atomic E-state index is 12.1. The molecule has 0 unspecified atom stereocenters. The molecule has 24 heavy (non-hydrogen) atoms. The number of nitrogens with one attached hydrogen (secondary N) is 2. The topological polar surface area (TPSA) is 68.8 Å². The van der Waals surface area contributed by atoms with E-state index in [1.165, 1.54) is 38.5 Å². The van der Waals surface area contributed by atoms with Gasteiger partial charge in [0, 0.05) is 29.6 Å². The largest absolute Gasteiger partial charge is 0.497 e. The summed E-state index contributed by atoms with van der Waals surface area (Å²) in [4.78, 5) is 12.0. The van der Waals surface area contributed by atoms with Crippen molar-refractivity contribution in [3.63, 3.8) is 0 Å². The molecular weight excluding hydrogens is 322 g/mol. The Morgan fingerprint density at radius 3 is 1.92 bits per heavy atom. The van der Waals surface area contributed by atoms with Gasteiger partial charge in [0.15, 0.2) is 0 Å². The van der Waals surface area contributed by atoms with Crippen LogP contribution in [0.15, 0.2) is 42.5 Å². The van der Waals surface area contributed by atoms with E-state index in [0.29, 0.717) is 22.9 Å². The lowest BCUT2D eigenvalue weighted by molar-refractivity contribution is -0.0498. The predicted molar refractivity (Wildman–Crippen MR) is 85.3 cm³/mol. The number of carbonyl (C=O) groups is 1. The van der Waals surface area contributed by atoms with Crippen molar-refractivity contribution in [2.24, 2.45) is 0 Å². The summed E-state index contributed by atoms with van der Waals surface area (Å²) >= 11 is 0. The van der Waals surface area contributed by atoms with Crippen molar-refractivity contribution in [2.45, 2.75) is 6.61 Å². The summed E-state index contributed by atoms with van der Waals surface area (Å²) in [6.07, 6.45) is 0. The van der Waals surface area contributed by atoms with E-state index in [0.717, 1.165) is 0 Å². The summed E-state index contributed by atoms with van der Waals surface area (Å²) in [5, 5.41) is 5.20. The Morgan fingerprint density at radius 1 is 0.875 bits per heavy atom. The number of hydrogen-bond acceptors (Lipinski definition) is 4. The zero-order valence-electron chi connectivity index (χ0n) is 13.0. The molecule has 0 fully saturated rings. The number of halogens is 2. The zero-order valence-corrected chi connectivity index (χ0v) is 13.0. The molecule has 2 aromatic carbocycles. The predicted octanol–water partition coefficient (Wildman–Crippen LogP) is 3.95. The van der Waals surface area contributed by atoms with E-state index < -0.39 is 12.6 Å². The van der Waals surface area contributed by atoms with Gasteiger partial charge in [-0.2, -0.15) is 8.78 Å². The average molecular weight is 338 g/mol. The van der Waals surface area contributed by atoms with Gasteiger partial charge < -0.3 is 24.8 Å². The molecule has 0 heterocycles. The third-order valence-corrected chi connectivity index (χ3v) is 2.95. The number of hydrogen-bond donors (Lipinski definition) is 2. The van der Waals surface area contributed by atoms with E-state index in [1.807, 2.05) is 0 Å². The van der Waals surface area contributed by atoms with Gasteiger partial charge >= 0.3 is 12.6 Å². The molecule has 0 aliphatic rings. The van der Waals surface area contributed by atoms with Crippen LogP contribution in [-0.2, 0) is 0 Å². The maximum atomic E-state index is 12.1. The normalized spacial score (nSPS) is 10.2. The van der Waals surface area contributed by atoms with E-state index in [2.05, 4.69) is 15.4 Å². The minimum absolute atomic E-state index is 0.00786. The van der Waals surface area contributed by atoms with E-state index in [1.54, 1.807) is 18.2 Å². The van der Waals surface area contributed by atoms with Gasteiger partial charge in [-0.15, -0.1) is 0 Å². The summed E-state index contributed by atoms with van der Waals surface area (Å²) < 4.78 is 38.6. The molecule has 0 aromatic heterocycles. The molecule has 0 bridgehead atoms. The number of benzene rings is 2. The number of ether oxygens (including phenoxy) is 3. The summed E-state index contributed by atoms with van der Waals surface area (Å²) in [5.41, 5.74) is 0.894. The van der Waals surface area contributed by atoms with Crippen molar-refractivity contribution in [1.29, 1.82) is 0 Å². The second-order valence-electron chi connectivity index (χ2n) is 4.58. The SMILES string of the molecule is COc1cc(NC(=O)Nc2ccc(OC(F)F)cc2)cc(OC)c1. The van der Waals surface area contributed by atoms with Crippen LogP contribution in [0.25, 0.3) is 0 Å². The van der Waals surface area contributed by atoms with Gasteiger partial charge in [-0.05, 0) is 24.3 Å². The lowest BCUT2D eigenvalue weighted by Crippen LogP contribution is -2.19. The number of alkyl halides is 2. The van der Waals surface area contributed by atoms with Gasteiger partial charge in [-0.25, -0.2) is 4.79 Å². The number of amides is 2. The molecule has 0 spiro atoms. The van der Waals surface area contributed by atoms with E-state index in [-0.39, 0.29) is 5.75 Å². The Labute approximate surface area is 137 Å². The molecular formula is C16H16F2N2O4. The average Bonchev–Trinajstić information content (AvgIpc) is 2.55. The standard InChI is InChI=1S/C16H16F2N2O4/c1-22-13-7-11(8-14(9-13)23-2)20-16(21)19-10-3-5-12(6-4-10)24-15(17)18/h3-9,15H,1-2H3,(H2,19,20,21). The molecule has 0 saturated heterocycles. The van der Waals surface area contributed by atoms with Crippen LogP contribution in [-0.4, -0.2) is 26.9 Å². The summed E-state index contributed by atoms with van der Waals surface area (Å²) in [6.45, 7) is -2.89. The molecule has 0 radical (unpaired) electrons. The molecule has 2 amide bonds. The molecule has 0 atom stereocenters. The first kappa shape index (κ1) is 17.3. The highest BCUT2D eigenvalue weighted by Gasteiger charge is 2.08. The van der Waals surface area contributed by atoms with Crippen molar-refractivity contribution in [2.75, 3.05) is 24.9 Å². The zero-order chi connectivity index (χ0) is 17.5. The van der Waals surface area contributed by atoms with E-state index >= 15 is 0 Å². The molecule has 8 heteroatoms. The number of anilines is 2. The quantitative estimate of drug-likeness (QED) is 0.837. The minimum Gasteiger partial charge on any atom is -0.497 e. The molecule has 0 aliphatic carbocycles. The van der Waals surface area contributed by atoms with E-state index in [4.69, 9.17) is 9.47 Å². The van der Waals surface area contributed by atoms with Crippen molar-refractivity contribution < 1.29 is 27.8 Å². The highest BCUT2D eigenvalue weighted by atomic mass is 19.3. The monoisotopic (exact) mass is 338 g/mol. The van der Waals surface area contributed by atoms with Crippen molar-refractivity contribution in [3.8, 4) is 17.2 Å². The second-order valence-corrected chi connectivity index (χ2v) is 4.58. The number of urea groups is 1. The Balaban J connectivity index is 2.00. The van der Waals surface area contributed by atoms with Crippen molar-refractivity contribution in [1.82, 2.24) is 0 Å². The summed E-state index contributed by atoms with van der Waals surface area (Å²) in [5.74, 6) is 1.06. The van der Waals surface area contributed by atoms with Gasteiger partial charge in [-0.3, -0.25) is 0 Å². The third kappa shape index (κ3) is 5.01. The van der Waals surface area contributed by atoms with Gasteiger partial charge in [0.05, 0.1) is 14.2 Å². The van der Waals surface area contributed by atoms with Crippen LogP contribution in [0.3, 0.4) is 0 Å². The fourth-order valence-electron chi connectivity index (χ4n) is 1.89. The molecule has 128 valence electrons. The highest BCUT2D eigenvalue weighted by Crippen LogP contribution is 2.26. The Bertz CT molecular complexity index is 671. The minimum atomic E-state index is -2.89. The Hall–Kier alpha value is -3.03. The number of carbonyl (C=O) groups excluding carboxylic acids is 1. The molecule has 2 aromatic rings. The fourth-order valence-corrected chi connectivity index (χ4v) is 1.89. The smallest absolute Gasteiger partial charge is 0.387 e. The molecule has 2 N–H and O–H groups in total. The molecule has 2 rings (SSSR count). The van der Waals surface area contributed by atoms with Crippen LogP contribution in [0.1, 0.15) is 0 Å². The lowest BCUT2D eigenvalue weighted by Gasteiger charge is -2.11. The van der Waals surface area contributed by atoms with Crippen LogP contribution in [0, 0.1) is 0 Å². The van der Waals surface area contributed by atoms with Gasteiger partial charge in [0.1, 0.15) is 17.2 Å². The van der Waals surface area contributed by atoms with Crippen LogP contribution >= 0.6 is 0 Å². The fraction of sp³-hybridized carbons (Fsp3) is 0.188. The molecule has 0 aliphatic heterocycles. The highest BCUT2D eigenvalue weighted by molar-refractivity contribution is 6.00. The first-order valence-corrected chi connectivity index (χ1v) is 6.86. The summed E-state index contributed by atoms with van der Waals surface area (Å²) in [6, 6.07) is 9.97. The van der Waals surface area contributed by atoms with Crippen LogP contribution in [0.2, 0.25) is 0 Å². The van der Waals surface area contributed by atoms with Gasteiger partial charge in [0.2, 0.25) is 0 Å². The number of methoxy groups -OCH3 is 2. The number of rotatable bonds is 6. The van der Waals surface area contributed by atoms with Gasteiger partial charge in [-0.1, -0.05) is 0 Å². The van der Waals surface area contributed by atoms with Crippen LogP contribution < -0.4 is 24.8 Å². The van der Waals surface area contributed by atoms with Crippen LogP contribution in [0.5, 0.6) is 17.2 Å². The van der Waals surface area contributed by atoms with Crippen LogP contribution in [0.4, 0.5) is 25.0 Å². The third-order valence-electron chi connectivity index (χ3n) is 2.95. The summed E-state index contributed by atoms with van der Waals surface area (Å²) in [7, 11) is 3.00. The second kappa shape index (κ2) is 8.00. The lowest BCUT2D eigenvalue weighted by atomic mass is 10.2. The van der Waals surface area contributed by atoms with E-state index in [9.17, 15) is 13.6 Å². The molecule has 6 nitrogen and oxygen atoms in total. The van der Waals surface area contributed by atoms with Gasteiger partial charge in [0.25, 0.3) is 0 Å². The Morgan fingerprint density at radius 2 is 1.42 bits per heavy atom. The van der Waals surface area contributed by atoms with Crippen molar-refractivity contribution in [3.05, 3.63) is 42.5 Å². The first-order chi connectivity index (χ1) is 11.5.